The maximum absolute atomic E-state index is 12.8. The van der Waals surface area contributed by atoms with Crippen molar-refractivity contribution in [1.82, 2.24) is 5.32 Å². The number of Topliss-reactive ketones (excluding diaryl/α,β-unsaturated/α-hetero) is 1. The predicted octanol–water partition coefficient (Wildman–Crippen LogP) is 4.18. The molecule has 1 aliphatic heterocycles. The van der Waals surface area contributed by atoms with Crippen LogP contribution in [0.15, 0.2) is 0 Å². The number of ketones is 1. The summed E-state index contributed by atoms with van der Waals surface area (Å²) in [6, 6.07) is 0.236. The fourth-order valence-electron chi connectivity index (χ4n) is 9.91. The Kier molecular flexibility index (Phi) is 5.63. The predicted molar refractivity (Wildman–Crippen MR) is 122 cm³/mol. The van der Waals surface area contributed by atoms with Gasteiger partial charge in [0.25, 0.3) is 0 Å². The van der Waals surface area contributed by atoms with Gasteiger partial charge in [-0.2, -0.15) is 0 Å². The van der Waals surface area contributed by atoms with Gasteiger partial charge in [0.15, 0.2) is 5.78 Å². The molecule has 12 atom stereocenters. The zero-order chi connectivity index (χ0) is 22.1. The van der Waals surface area contributed by atoms with Gasteiger partial charge in [-0.3, -0.25) is 4.79 Å². The van der Waals surface area contributed by atoms with E-state index in [0.717, 1.165) is 37.6 Å². The van der Waals surface area contributed by atoms with Crippen LogP contribution >= 0.6 is 0 Å². The van der Waals surface area contributed by atoms with E-state index in [1.807, 2.05) is 0 Å². The molecular weight excluding hydrogens is 386 g/mol. The lowest BCUT2D eigenvalue weighted by molar-refractivity contribution is -0.160. The molecule has 0 spiro atoms. The van der Waals surface area contributed by atoms with Crippen LogP contribution in [0.25, 0.3) is 0 Å². The van der Waals surface area contributed by atoms with Crippen molar-refractivity contribution in [1.29, 1.82) is 0 Å². The Hall–Kier alpha value is -0.450. The van der Waals surface area contributed by atoms with Gasteiger partial charge >= 0.3 is 0 Å². The second kappa shape index (κ2) is 7.81. The number of carbonyl (C=O) groups is 1. The maximum atomic E-state index is 12.8. The number of hydrogen-bond acceptors (Lipinski definition) is 4. The van der Waals surface area contributed by atoms with Gasteiger partial charge < -0.3 is 15.5 Å². The summed E-state index contributed by atoms with van der Waals surface area (Å²) >= 11 is 0. The minimum Gasteiger partial charge on any atom is -0.391 e. The second-order valence-electron chi connectivity index (χ2n) is 12.9. The quantitative estimate of drug-likeness (QED) is 0.613. The summed E-state index contributed by atoms with van der Waals surface area (Å²) in [5.41, 5.74) is 0.466. The molecule has 0 unspecified atom stereocenters. The number of fused-ring (bicyclic) bond motifs is 5. The third-order valence-electron chi connectivity index (χ3n) is 11.5. The third-order valence-corrected chi connectivity index (χ3v) is 11.5. The van der Waals surface area contributed by atoms with E-state index in [1.165, 1.54) is 32.1 Å². The van der Waals surface area contributed by atoms with Crippen molar-refractivity contribution in [2.75, 3.05) is 6.54 Å². The zero-order valence-corrected chi connectivity index (χ0v) is 20.1. The Balaban J connectivity index is 1.36. The highest BCUT2D eigenvalue weighted by atomic mass is 16.3. The van der Waals surface area contributed by atoms with Crippen LogP contribution in [0, 0.1) is 52.3 Å². The van der Waals surface area contributed by atoms with Gasteiger partial charge in [-0.25, -0.2) is 0 Å². The van der Waals surface area contributed by atoms with E-state index in [9.17, 15) is 15.0 Å². The fraction of sp³-hybridized carbons (Fsp3) is 0.963. The van der Waals surface area contributed by atoms with E-state index in [1.54, 1.807) is 0 Å². The molecule has 4 aliphatic carbocycles. The molecule has 4 saturated carbocycles. The first-order valence-corrected chi connectivity index (χ1v) is 13.3. The van der Waals surface area contributed by atoms with Gasteiger partial charge in [0.05, 0.1) is 6.10 Å². The van der Waals surface area contributed by atoms with Crippen LogP contribution in [0.5, 0.6) is 0 Å². The molecule has 0 amide bonds. The molecule has 5 rings (SSSR count). The average Bonchev–Trinajstić information content (AvgIpc) is 3.08. The van der Waals surface area contributed by atoms with Crippen molar-refractivity contribution in [3.63, 3.8) is 0 Å². The molecule has 0 bridgehead atoms. The minimum absolute atomic E-state index is 0.0848. The highest BCUT2D eigenvalue weighted by Gasteiger charge is 2.62. The zero-order valence-electron chi connectivity index (χ0n) is 20.1. The lowest BCUT2D eigenvalue weighted by Gasteiger charge is -2.60. The molecule has 1 saturated heterocycles. The van der Waals surface area contributed by atoms with E-state index in [4.69, 9.17) is 0 Å². The first-order chi connectivity index (χ1) is 14.7. The van der Waals surface area contributed by atoms with Crippen molar-refractivity contribution in [2.24, 2.45) is 52.3 Å². The number of hydrogen-bond donors (Lipinski definition) is 3. The highest BCUT2D eigenvalue weighted by Crippen LogP contribution is 2.68. The smallest absolute Gasteiger partial charge is 0.164 e. The standard InChI is InChI=1S/C27H45NO3/c1-15-13-23(30)24(28-14-15)16(2)18-7-8-19-17-5-6-21-25(31)22(29)10-12-27(21,4)20(17)9-11-26(18,19)3/h15-24,28-30H,5-14H2,1-4H3/t15-,16-,17-,18+,19-,20-,21-,22-,23+,24-,26+,27+/m0/s1. The molecule has 1 heterocycles. The molecule has 3 N–H and O–H groups in total. The maximum Gasteiger partial charge on any atom is 0.164 e. The summed E-state index contributed by atoms with van der Waals surface area (Å²) in [5.74, 6) is 4.13. The minimum atomic E-state index is -0.711. The summed E-state index contributed by atoms with van der Waals surface area (Å²) in [4.78, 5) is 12.8. The SMILES string of the molecule is C[C@@H]1CN[C@@H]([C@@H](C)[C@H]2CC[C@H]3[C@@H]4CC[C@H]5C(=O)[C@@H](O)CC[C@]5(C)[C@H]4CC[C@]23C)[C@H](O)C1. The van der Waals surface area contributed by atoms with Gasteiger partial charge in [-0.1, -0.05) is 27.7 Å². The van der Waals surface area contributed by atoms with Crippen LogP contribution in [-0.2, 0) is 4.79 Å². The number of carbonyl (C=O) groups excluding carboxylic acids is 1. The molecule has 31 heavy (non-hydrogen) atoms. The molecule has 4 nitrogen and oxygen atoms in total. The Labute approximate surface area is 188 Å². The van der Waals surface area contributed by atoms with Crippen molar-refractivity contribution in [3.8, 4) is 0 Å². The number of rotatable bonds is 2. The molecule has 0 aromatic heterocycles. The van der Waals surface area contributed by atoms with Gasteiger partial charge in [0.1, 0.15) is 6.10 Å². The normalized spacial score (nSPS) is 55.8. The topological polar surface area (TPSA) is 69.6 Å². The van der Waals surface area contributed by atoms with Crippen molar-refractivity contribution in [2.45, 2.75) is 104 Å². The third kappa shape index (κ3) is 3.29. The van der Waals surface area contributed by atoms with E-state index in [0.29, 0.717) is 35.5 Å². The average molecular weight is 432 g/mol. The summed E-state index contributed by atoms with van der Waals surface area (Å²) in [6.45, 7) is 10.6. The van der Waals surface area contributed by atoms with Gasteiger partial charge in [0.2, 0.25) is 0 Å². The Morgan fingerprint density at radius 2 is 1.68 bits per heavy atom. The number of nitrogens with one attached hydrogen (secondary N) is 1. The molecule has 5 aliphatic rings. The van der Waals surface area contributed by atoms with E-state index < -0.39 is 6.10 Å². The first kappa shape index (κ1) is 22.3. The molecule has 0 aromatic rings. The van der Waals surface area contributed by atoms with Crippen LogP contribution in [0.4, 0.5) is 0 Å². The lowest BCUT2D eigenvalue weighted by Crippen LogP contribution is -2.58. The van der Waals surface area contributed by atoms with Crippen LogP contribution in [0.2, 0.25) is 0 Å². The number of aliphatic hydroxyl groups excluding tert-OH is 2. The van der Waals surface area contributed by atoms with Gasteiger partial charge in [0, 0.05) is 12.0 Å². The second-order valence-corrected chi connectivity index (χ2v) is 12.9. The van der Waals surface area contributed by atoms with Crippen LogP contribution in [0.3, 0.4) is 0 Å². The molecule has 4 heteroatoms. The summed E-state index contributed by atoms with van der Waals surface area (Å²) in [6.07, 6.45) is 8.98. The lowest BCUT2D eigenvalue weighted by atomic mass is 9.44. The summed E-state index contributed by atoms with van der Waals surface area (Å²) < 4.78 is 0. The molecule has 0 radical (unpaired) electrons. The molecule has 176 valence electrons. The largest absolute Gasteiger partial charge is 0.391 e. The Morgan fingerprint density at radius 3 is 2.42 bits per heavy atom. The monoisotopic (exact) mass is 431 g/mol. The Bertz CT molecular complexity index is 711. The van der Waals surface area contributed by atoms with Crippen LogP contribution in [-0.4, -0.2) is 40.8 Å². The summed E-state index contributed by atoms with van der Waals surface area (Å²) in [7, 11) is 0. The highest BCUT2D eigenvalue weighted by molar-refractivity contribution is 5.87. The molecule has 5 fully saturated rings. The van der Waals surface area contributed by atoms with Gasteiger partial charge in [-0.15, -0.1) is 0 Å². The van der Waals surface area contributed by atoms with Crippen molar-refractivity contribution >= 4 is 5.78 Å². The van der Waals surface area contributed by atoms with E-state index in [-0.39, 0.29) is 29.3 Å². The van der Waals surface area contributed by atoms with E-state index >= 15 is 0 Å². The van der Waals surface area contributed by atoms with Crippen molar-refractivity contribution < 1.29 is 15.0 Å². The molecule has 0 aromatic carbocycles. The Morgan fingerprint density at radius 1 is 0.968 bits per heavy atom. The van der Waals surface area contributed by atoms with Crippen LogP contribution in [0.1, 0.15) is 85.5 Å². The number of piperidine rings is 1. The molecular formula is C27H45NO3. The first-order valence-electron chi connectivity index (χ1n) is 13.3. The fourth-order valence-corrected chi connectivity index (χ4v) is 9.91. The number of aliphatic hydroxyl groups is 2. The van der Waals surface area contributed by atoms with Crippen molar-refractivity contribution in [3.05, 3.63) is 0 Å². The van der Waals surface area contributed by atoms with Gasteiger partial charge in [-0.05, 0) is 111 Å². The summed E-state index contributed by atoms with van der Waals surface area (Å²) in [5, 5.41) is 24.7. The van der Waals surface area contributed by atoms with Crippen LogP contribution < -0.4 is 5.32 Å². The van der Waals surface area contributed by atoms with E-state index in [2.05, 4.69) is 33.0 Å².